The number of rotatable bonds is 8. The van der Waals surface area contributed by atoms with Gasteiger partial charge in [0.1, 0.15) is 0 Å². The molecular formula is C25H26ClF3N2O4S. The molecule has 1 aromatic heterocycles. The fourth-order valence-corrected chi connectivity index (χ4v) is 6.08. The molecule has 0 bridgehead atoms. The van der Waals surface area contributed by atoms with Crippen LogP contribution in [0.1, 0.15) is 42.5 Å². The number of amides is 1. The number of hydrogen-bond acceptors (Lipinski definition) is 6. The van der Waals surface area contributed by atoms with Crippen molar-refractivity contribution in [1.29, 1.82) is 5.26 Å². The van der Waals surface area contributed by atoms with E-state index < -0.39 is 35.0 Å². The highest BCUT2D eigenvalue weighted by Gasteiger charge is 2.64. The fraction of sp³-hybridized carbons (Fsp3) is 0.480. The highest BCUT2D eigenvalue weighted by atomic mass is 35.5. The van der Waals surface area contributed by atoms with E-state index in [2.05, 4.69) is 6.07 Å². The van der Waals surface area contributed by atoms with Gasteiger partial charge in [0, 0.05) is 36.1 Å². The molecule has 36 heavy (non-hydrogen) atoms. The van der Waals surface area contributed by atoms with Gasteiger partial charge in [-0.2, -0.15) is 18.4 Å². The van der Waals surface area contributed by atoms with Gasteiger partial charge < -0.3 is 14.4 Å². The number of thiophene rings is 1. The molecule has 1 unspecified atom stereocenters. The van der Waals surface area contributed by atoms with Gasteiger partial charge >= 0.3 is 12.1 Å². The van der Waals surface area contributed by atoms with E-state index in [1.165, 1.54) is 35.6 Å². The normalized spacial score (nSPS) is 18.1. The molecule has 194 valence electrons. The number of halogens is 4. The Morgan fingerprint density at radius 1 is 1.19 bits per heavy atom. The maximum absolute atomic E-state index is 14.4. The number of hydrogen-bond donors (Lipinski definition) is 0. The zero-order valence-corrected chi connectivity index (χ0v) is 21.4. The van der Waals surface area contributed by atoms with Crippen molar-refractivity contribution in [1.82, 2.24) is 4.90 Å². The average Bonchev–Trinajstić information content (AvgIpc) is 3.26. The van der Waals surface area contributed by atoms with Gasteiger partial charge in [-0.25, -0.2) is 0 Å². The highest BCUT2D eigenvalue weighted by Crippen LogP contribution is 2.50. The molecule has 0 spiro atoms. The summed E-state index contributed by atoms with van der Waals surface area (Å²) in [6, 6.07) is 12.4. The number of nitrogens with zero attached hydrogens (tertiary/aromatic N) is 2. The molecule has 0 saturated carbocycles. The van der Waals surface area contributed by atoms with Gasteiger partial charge in [0.25, 0.3) is 11.5 Å². The molecule has 1 amide bonds. The number of carbonyl (C=O) groups excluding carboxylic acids is 2. The first-order valence-electron chi connectivity index (χ1n) is 11.3. The van der Waals surface area contributed by atoms with Crippen LogP contribution in [0.3, 0.4) is 0 Å². The lowest BCUT2D eigenvalue weighted by Crippen LogP contribution is -2.59. The molecule has 1 aliphatic rings. The lowest BCUT2D eigenvalue weighted by atomic mass is 9.66. The molecule has 1 saturated heterocycles. The summed E-state index contributed by atoms with van der Waals surface area (Å²) in [5, 5.41) is 10.1. The van der Waals surface area contributed by atoms with E-state index in [4.69, 9.17) is 21.1 Å². The third-order valence-corrected chi connectivity index (χ3v) is 7.95. The van der Waals surface area contributed by atoms with Gasteiger partial charge in [-0.15, -0.1) is 11.3 Å². The predicted molar refractivity (Wildman–Crippen MR) is 128 cm³/mol. The molecule has 0 radical (unpaired) electrons. The molecule has 11 heteroatoms. The third kappa shape index (κ3) is 5.24. The minimum Gasteiger partial charge on any atom is -0.466 e. The topological polar surface area (TPSA) is 79.6 Å². The average molecular weight is 543 g/mol. The van der Waals surface area contributed by atoms with Crippen LogP contribution in [-0.4, -0.2) is 49.8 Å². The molecule has 0 N–H and O–H groups in total. The summed E-state index contributed by atoms with van der Waals surface area (Å²) in [4.78, 5) is 27.7. The van der Waals surface area contributed by atoms with Crippen molar-refractivity contribution in [2.45, 2.75) is 43.9 Å². The van der Waals surface area contributed by atoms with Crippen LogP contribution in [0.4, 0.5) is 13.2 Å². The Hall–Kier alpha value is -2.61. The van der Waals surface area contributed by atoms with Gasteiger partial charge in [-0.3, -0.25) is 9.59 Å². The van der Waals surface area contributed by atoms with Gasteiger partial charge in [0.05, 0.1) is 29.4 Å². The molecule has 3 rings (SSSR count). The number of alkyl halides is 3. The van der Waals surface area contributed by atoms with E-state index in [0.29, 0.717) is 9.21 Å². The number of carbonyl (C=O) groups is 2. The monoisotopic (exact) mass is 542 g/mol. The van der Waals surface area contributed by atoms with E-state index >= 15 is 0 Å². The van der Waals surface area contributed by atoms with Crippen LogP contribution in [0.25, 0.3) is 0 Å². The van der Waals surface area contributed by atoms with Crippen LogP contribution in [0.15, 0.2) is 42.5 Å². The molecule has 2 atom stereocenters. The number of methoxy groups -OCH3 is 1. The standard InChI is InChI=1S/C25H26ClF3N2O4S/c1-3-35-21(32)15-23(18(16-30)19-9-10-20(26)36-19)11-13-31(14-12-23)22(33)24(34-2,25(27,28)29)17-7-5-4-6-8-17/h4-10,18H,3,11-15H2,1-2H3/t18?,24-/m1/s1. The summed E-state index contributed by atoms with van der Waals surface area (Å²) in [6.45, 7) is 1.63. The largest absolute Gasteiger partial charge is 0.466 e. The van der Waals surface area contributed by atoms with Gasteiger partial charge in [-0.05, 0) is 31.9 Å². The number of likely N-dealkylation sites (tertiary alicyclic amines) is 1. The molecule has 1 aliphatic heterocycles. The van der Waals surface area contributed by atoms with E-state index in [1.807, 2.05) is 0 Å². The van der Waals surface area contributed by atoms with Gasteiger partial charge in [-0.1, -0.05) is 41.9 Å². The number of piperidine rings is 1. The minimum absolute atomic E-state index is 0.0937. The molecule has 1 aromatic carbocycles. The van der Waals surface area contributed by atoms with Gasteiger partial charge in [0.15, 0.2) is 0 Å². The van der Waals surface area contributed by atoms with Crippen molar-refractivity contribution in [3.05, 3.63) is 57.2 Å². The maximum Gasteiger partial charge on any atom is 0.430 e. The summed E-state index contributed by atoms with van der Waals surface area (Å²) < 4.78 is 53.7. The zero-order valence-electron chi connectivity index (χ0n) is 19.8. The van der Waals surface area contributed by atoms with Crippen LogP contribution in [0.2, 0.25) is 4.34 Å². The second-order valence-electron chi connectivity index (χ2n) is 8.59. The molecule has 2 aromatic rings. The Kier molecular flexibility index (Phi) is 8.70. The van der Waals surface area contributed by atoms with Crippen molar-refractivity contribution in [2.24, 2.45) is 5.41 Å². The van der Waals surface area contributed by atoms with Crippen molar-refractivity contribution < 1.29 is 32.2 Å². The second-order valence-corrected chi connectivity index (χ2v) is 10.3. The van der Waals surface area contributed by atoms with Crippen LogP contribution in [0, 0.1) is 16.7 Å². The number of esters is 1. The Bertz CT molecular complexity index is 1110. The van der Waals surface area contributed by atoms with Gasteiger partial charge in [0.2, 0.25) is 0 Å². The number of nitriles is 1. The highest BCUT2D eigenvalue weighted by molar-refractivity contribution is 7.16. The van der Waals surface area contributed by atoms with Crippen molar-refractivity contribution >= 4 is 34.8 Å². The number of ether oxygens (including phenoxy) is 2. The SMILES string of the molecule is CCOC(=O)CC1(C(C#N)c2ccc(Cl)s2)CCN(C(=O)[C@](OC)(c2ccccc2)C(F)(F)F)CC1. The first-order valence-corrected chi connectivity index (χ1v) is 12.5. The summed E-state index contributed by atoms with van der Waals surface area (Å²) >= 11 is 7.29. The molecule has 0 aliphatic carbocycles. The Morgan fingerprint density at radius 2 is 1.83 bits per heavy atom. The lowest BCUT2D eigenvalue weighted by Gasteiger charge is -2.46. The lowest BCUT2D eigenvalue weighted by molar-refractivity contribution is -0.271. The summed E-state index contributed by atoms with van der Waals surface area (Å²) in [7, 11) is 0.861. The fourth-order valence-electron chi connectivity index (χ4n) is 4.83. The van der Waals surface area contributed by atoms with E-state index in [1.54, 1.807) is 25.1 Å². The smallest absolute Gasteiger partial charge is 0.430 e. The van der Waals surface area contributed by atoms with Crippen molar-refractivity contribution in [2.75, 3.05) is 26.8 Å². The van der Waals surface area contributed by atoms with Crippen LogP contribution in [-0.2, 0) is 24.7 Å². The van der Waals surface area contributed by atoms with E-state index in [-0.39, 0.29) is 44.5 Å². The second kappa shape index (κ2) is 11.2. The minimum atomic E-state index is -5.03. The predicted octanol–water partition coefficient (Wildman–Crippen LogP) is 5.67. The summed E-state index contributed by atoms with van der Waals surface area (Å²) in [5.41, 5.74) is -4.44. The van der Waals surface area contributed by atoms with Crippen molar-refractivity contribution in [3.63, 3.8) is 0 Å². The Morgan fingerprint density at radius 3 is 2.31 bits per heavy atom. The Labute approximate surface area is 216 Å². The Balaban J connectivity index is 1.95. The quantitative estimate of drug-likeness (QED) is 0.401. The van der Waals surface area contributed by atoms with Crippen LogP contribution in [0.5, 0.6) is 0 Å². The maximum atomic E-state index is 14.4. The van der Waals surface area contributed by atoms with E-state index in [0.717, 1.165) is 12.0 Å². The summed E-state index contributed by atoms with van der Waals surface area (Å²) in [6.07, 6.45) is -4.89. The number of benzene rings is 1. The molecule has 2 heterocycles. The molecular weight excluding hydrogens is 517 g/mol. The third-order valence-electron chi connectivity index (χ3n) is 6.66. The first kappa shape index (κ1) is 28.0. The van der Waals surface area contributed by atoms with Crippen LogP contribution < -0.4 is 0 Å². The molecule has 1 fully saturated rings. The van der Waals surface area contributed by atoms with Crippen molar-refractivity contribution in [3.8, 4) is 6.07 Å². The summed E-state index contributed by atoms with van der Waals surface area (Å²) in [5.74, 6) is -2.49. The first-order chi connectivity index (χ1) is 17.0. The van der Waals surface area contributed by atoms with Crippen LogP contribution >= 0.6 is 22.9 Å². The van der Waals surface area contributed by atoms with E-state index in [9.17, 15) is 28.0 Å². The molecule has 6 nitrogen and oxygen atoms in total. The zero-order chi connectivity index (χ0) is 26.6.